The van der Waals surface area contributed by atoms with Crippen molar-refractivity contribution in [2.24, 2.45) is 5.73 Å². The molecule has 0 radical (unpaired) electrons. The standard InChI is InChI=1S/C9H11N5.ClH/c1-7-2-4-8(5-3-7)14-9(6-10)11-12-13-14;/h2-5H,6,10H2,1H3;1H. The van der Waals surface area contributed by atoms with Crippen LogP contribution in [0.5, 0.6) is 0 Å². The Balaban J connectivity index is 0.00000112. The predicted octanol–water partition coefficient (Wildman–Crippen LogP) is 0.851. The minimum atomic E-state index is 0. The Kier molecular flexibility index (Phi) is 3.76. The van der Waals surface area contributed by atoms with Crippen molar-refractivity contribution in [2.45, 2.75) is 13.5 Å². The van der Waals surface area contributed by atoms with Crippen LogP contribution in [0.4, 0.5) is 0 Å². The number of tetrazole rings is 1. The lowest BCUT2D eigenvalue weighted by Gasteiger charge is -2.02. The Morgan fingerprint density at radius 2 is 1.93 bits per heavy atom. The normalized spacial score (nSPS) is 9.73. The maximum atomic E-state index is 5.50. The van der Waals surface area contributed by atoms with Gasteiger partial charge >= 0.3 is 0 Å². The molecule has 15 heavy (non-hydrogen) atoms. The van der Waals surface area contributed by atoms with Gasteiger partial charge < -0.3 is 5.73 Å². The number of hydrogen-bond donors (Lipinski definition) is 1. The van der Waals surface area contributed by atoms with E-state index < -0.39 is 0 Å². The van der Waals surface area contributed by atoms with Crippen LogP contribution in [0.15, 0.2) is 24.3 Å². The number of nitrogens with two attached hydrogens (primary N) is 1. The molecule has 2 N–H and O–H groups in total. The van der Waals surface area contributed by atoms with Crippen LogP contribution in [0.25, 0.3) is 5.69 Å². The van der Waals surface area contributed by atoms with Crippen molar-refractivity contribution in [3.63, 3.8) is 0 Å². The molecular weight excluding hydrogens is 214 g/mol. The van der Waals surface area contributed by atoms with Gasteiger partial charge in [0.15, 0.2) is 5.82 Å². The lowest BCUT2D eigenvalue weighted by molar-refractivity contribution is 0.761. The van der Waals surface area contributed by atoms with E-state index >= 15 is 0 Å². The van der Waals surface area contributed by atoms with Crippen molar-refractivity contribution >= 4 is 12.4 Å². The van der Waals surface area contributed by atoms with Gasteiger partial charge in [0.1, 0.15) is 0 Å². The van der Waals surface area contributed by atoms with E-state index in [2.05, 4.69) is 15.5 Å². The summed E-state index contributed by atoms with van der Waals surface area (Å²) in [7, 11) is 0. The summed E-state index contributed by atoms with van der Waals surface area (Å²) in [6.45, 7) is 2.37. The topological polar surface area (TPSA) is 69.6 Å². The summed E-state index contributed by atoms with van der Waals surface area (Å²) >= 11 is 0. The van der Waals surface area contributed by atoms with Gasteiger partial charge in [0, 0.05) is 0 Å². The molecule has 1 aromatic carbocycles. The molecule has 0 aliphatic heterocycles. The minimum absolute atomic E-state index is 0. The zero-order valence-electron chi connectivity index (χ0n) is 8.29. The Labute approximate surface area is 93.7 Å². The Bertz CT molecular complexity index is 422. The van der Waals surface area contributed by atoms with Gasteiger partial charge in [0.05, 0.1) is 12.2 Å². The van der Waals surface area contributed by atoms with Gasteiger partial charge in [-0.25, -0.2) is 0 Å². The molecule has 0 unspecified atom stereocenters. The molecule has 0 amide bonds. The Morgan fingerprint density at radius 3 is 2.53 bits per heavy atom. The summed E-state index contributed by atoms with van der Waals surface area (Å²) in [5, 5.41) is 11.2. The van der Waals surface area contributed by atoms with Crippen LogP contribution in [-0.4, -0.2) is 20.2 Å². The monoisotopic (exact) mass is 225 g/mol. The van der Waals surface area contributed by atoms with Crippen molar-refractivity contribution in [2.75, 3.05) is 0 Å². The number of aryl methyl sites for hydroxylation is 1. The average Bonchev–Trinajstić information content (AvgIpc) is 2.67. The van der Waals surface area contributed by atoms with Gasteiger partial charge in [-0.05, 0) is 29.5 Å². The molecular formula is C9H12ClN5. The Morgan fingerprint density at radius 1 is 1.27 bits per heavy atom. The highest BCUT2D eigenvalue weighted by atomic mass is 35.5. The fraction of sp³-hybridized carbons (Fsp3) is 0.222. The third kappa shape index (κ3) is 2.31. The van der Waals surface area contributed by atoms with E-state index in [0.717, 1.165) is 5.69 Å². The number of hydrogen-bond acceptors (Lipinski definition) is 4. The molecule has 0 spiro atoms. The molecule has 1 heterocycles. The molecule has 2 rings (SSSR count). The summed E-state index contributed by atoms with van der Waals surface area (Å²) in [4.78, 5) is 0. The maximum absolute atomic E-state index is 5.50. The van der Waals surface area contributed by atoms with E-state index in [0.29, 0.717) is 12.4 Å². The number of benzene rings is 1. The highest BCUT2D eigenvalue weighted by Gasteiger charge is 2.04. The molecule has 0 aliphatic carbocycles. The summed E-state index contributed by atoms with van der Waals surface area (Å²) in [6.07, 6.45) is 0. The van der Waals surface area contributed by atoms with Crippen molar-refractivity contribution in [1.29, 1.82) is 0 Å². The van der Waals surface area contributed by atoms with Gasteiger partial charge in [-0.2, -0.15) is 4.68 Å². The highest BCUT2D eigenvalue weighted by molar-refractivity contribution is 5.85. The van der Waals surface area contributed by atoms with Crippen LogP contribution >= 0.6 is 12.4 Å². The zero-order valence-corrected chi connectivity index (χ0v) is 9.11. The van der Waals surface area contributed by atoms with E-state index in [-0.39, 0.29) is 12.4 Å². The molecule has 0 bridgehead atoms. The second kappa shape index (κ2) is 4.86. The van der Waals surface area contributed by atoms with Gasteiger partial charge in [0.2, 0.25) is 0 Å². The molecule has 6 heteroatoms. The molecule has 0 aliphatic rings. The zero-order chi connectivity index (χ0) is 9.97. The number of nitrogens with zero attached hydrogens (tertiary/aromatic N) is 4. The van der Waals surface area contributed by atoms with Crippen LogP contribution < -0.4 is 5.73 Å². The molecule has 80 valence electrons. The maximum Gasteiger partial charge on any atom is 0.170 e. The fourth-order valence-corrected chi connectivity index (χ4v) is 1.22. The molecule has 1 aromatic heterocycles. The second-order valence-corrected chi connectivity index (χ2v) is 3.05. The average molecular weight is 226 g/mol. The third-order valence-electron chi connectivity index (χ3n) is 2.00. The number of halogens is 1. The molecule has 0 saturated carbocycles. The largest absolute Gasteiger partial charge is 0.324 e. The van der Waals surface area contributed by atoms with E-state index in [9.17, 15) is 0 Å². The first kappa shape index (κ1) is 11.6. The minimum Gasteiger partial charge on any atom is -0.324 e. The second-order valence-electron chi connectivity index (χ2n) is 3.05. The van der Waals surface area contributed by atoms with Crippen molar-refractivity contribution in [3.8, 4) is 5.69 Å². The van der Waals surface area contributed by atoms with E-state index in [1.54, 1.807) is 4.68 Å². The lowest BCUT2D eigenvalue weighted by atomic mass is 10.2. The van der Waals surface area contributed by atoms with Crippen LogP contribution in [0.2, 0.25) is 0 Å². The molecule has 5 nitrogen and oxygen atoms in total. The van der Waals surface area contributed by atoms with E-state index in [1.165, 1.54) is 5.56 Å². The highest BCUT2D eigenvalue weighted by Crippen LogP contribution is 2.08. The van der Waals surface area contributed by atoms with Crippen LogP contribution in [0, 0.1) is 6.92 Å². The SMILES string of the molecule is Cc1ccc(-n2nnnc2CN)cc1.Cl. The first-order valence-corrected chi connectivity index (χ1v) is 4.35. The predicted molar refractivity (Wildman–Crippen MR) is 59.0 cm³/mol. The molecule has 0 fully saturated rings. The van der Waals surface area contributed by atoms with Crippen molar-refractivity contribution in [3.05, 3.63) is 35.7 Å². The van der Waals surface area contributed by atoms with Crippen LogP contribution in [-0.2, 0) is 6.54 Å². The summed E-state index contributed by atoms with van der Waals surface area (Å²) in [5.74, 6) is 0.661. The van der Waals surface area contributed by atoms with Crippen molar-refractivity contribution in [1.82, 2.24) is 20.2 Å². The fourth-order valence-electron chi connectivity index (χ4n) is 1.22. The quantitative estimate of drug-likeness (QED) is 0.823. The Hall–Kier alpha value is -1.46. The molecule has 2 aromatic rings. The van der Waals surface area contributed by atoms with Gasteiger partial charge in [0.25, 0.3) is 0 Å². The lowest BCUT2D eigenvalue weighted by Crippen LogP contribution is -2.07. The number of aromatic nitrogens is 4. The number of rotatable bonds is 2. The molecule has 0 saturated heterocycles. The van der Waals surface area contributed by atoms with Gasteiger partial charge in [-0.3, -0.25) is 0 Å². The van der Waals surface area contributed by atoms with Gasteiger partial charge in [-0.1, -0.05) is 17.7 Å². The van der Waals surface area contributed by atoms with Crippen LogP contribution in [0.1, 0.15) is 11.4 Å². The van der Waals surface area contributed by atoms with E-state index in [1.807, 2.05) is 31.2 Å². The van der Waals surface area contributed by atoms with E-state index in [4.69, 9.17) is 5.73 Å². The summed E-state index contributed by atoms with van der Waals surface area (Å²) in [5.41, 5.74) is 7.64. The smallest absolute Gasteiger partial charge is 0.170 e. The summed E-state index contributed by atoms with van der Waals surface area (Å²) < 4.78 is 1.64. The third-order valence-corrected chi connectivity index (χ3v) is 2.00. The van der Waals surface area contributed by atoms with Crippen molar-refractivity contribution < 1.29 is 0 Å². The van der Waals surface area contributed by atoms with Crippen LogP contribution in [0.3, 0.4) is 0 Å². The first-order valence-electron chi connectivity index (χ1n) is 4.35. The van der Waals surface area contributed by atoms with Gasteiger partial charge in [-0.15, -0.1) is 17.5 Å². The first-order chi connectivity index (χ1) is 6.81. The summed E-state index contributed by atoms with van der Waals surface area (Å²) in [6, 6.07) is 7.95. The molecule has 0 atom stereocenters.